The van der Waals surface area contributed by atoms with Crippen LogP contribution in [-0.2, 0) is 12.1 Å². The second-order valence-electron chi connectivity index (χ2n) is 4.88. The number of nitrogens with one attached hydrogen (secondary N) is 1. The van der Waals surface area contributed by atoms with Crippen molar-refractivity contribution in [2.24, 2.45) is 5.92 Å². The first kappa shape index (κ1) is 13.2. The summed E-state index contributed by atoms with van der Waals surface area (Å²) in [5, 5.41) is 17.7. The smallest absolute Gasteiger partial charge is 0.102 e. The number of aliphatic hydroxyl groups is 1. The van der Waals surface area contributed by atoms with Crippen LogP contribution in [0, 0.1) is 5.92 Å². The molecule has 1 atom stereocenters. The molecule has 0 bridgehead atoms. The molecule has 1 unspecified atom stereocenters. The molecule has 1 aromatic rings. The van der Waals surface area contributed by atoms with Crippen molar-refractivity contribution in [3.05, 3.63) is 18.0 Å². The summed E-state index contributed by atoms with van der Waals surface area (Å²) in [5.74, 6) is 0.592. The van der Waals surface area contributed by atoms with Gasteiger partial charge in [-0.3, -0.25) is 4.68 Å². The molecule has 0 saturated heterocycles. The van der Waals surface area contributed by atoms with E-state index in [0.717, 1.165) is 18.7 Å². The van der Waals surface area contributed by atoms with Crippen LogP contribution in [0.1, 0.15) is 33.3 Å². The van der Waals surface area contributed by atoms with Crippen molar-refractivity contribution in [3.8, 4) is 0 Å². The summed E-state index contributed by atoms with van der Waals surface area (Å²) in [4.78, 5) is 0. The van der Waals surface area contributed by atoms with Crippen molar-refractivity contribution < 1.29 is 5.11 Å². The van der Waals surface area contributed by atoms with E-state index in [4.69, 9.17) is 0 Å². The van der Waals surface area contributed by atoms with E-state index in [-0.39, 0.29) is 0 Å². The van der Waals surface area contributed by atoms with Gasteiger partial charge in [-0.25, -0.2) is 0 Å². The van der Waals surface area contributed by atoms with Crippen LogP contribution in [0.5, 0.6) is 0 Å². The van der Waals surface area contributed by atoms with Crippen LogP contribution in [0.25, 0.3) is 0 Å². The summed E-state index contributed by atoms with van der Waals surface area (Å²) in [7, 11) is 0. The summed E-state index contributed by atoms with van der Waals surface area (Å²) in [6.45, 7) is 10.4. The molecule has 0 saturated carbocycles. The lowest BCUT2D eigenvalue weighted by molar-refractivity contribution is 0.0563. The SMILES string of the molecule is CCn1cc(C(C)(O)CNCC(C)C)cn1. The van der Waals surface area contributed by atoms with Crippen LogP contribution >= 0.6 is 0 Å². The Balaban J connectivity index is 2.55. The Kier molecular flexibility index (Phi) is 4.50. The van der Waals surface area contributed by atoms with E-state index in [2.05, 4.69) is 24.3 Å². The molecule has 92 valence electrons. The topological polar surface area (TPSA) is 50.1 Å². The van der Waals surface area contributed by atoms with Gasteiger partial charge in [0.05, 0.1) is 6.20 Å². The first-order chi connectivity index (χ1) is 7.45. The molecule has 0 aliphatic rings. The molecule has 4 nitrogen and oxygen atoms in total. The highest BCUT2D eigenvalue weighted by Gasteiger charge is 2.24. The summed E-state index contributed by atoms with van der Waals surface area (Å²) in [5.41, 5.74) is 0.0214. The number of hydrogen-bond acceptors (Lipinski definition) is 3. The molecule has 0 fully saturated rings. The second-order valence-corrected chi connectivity index (χ2v) is 4.88. The Morgan fingerprint density at radius 2 is 2.25 bits per heavy atom. The highest BCUT2D eigenvalue weighted by molar-refractivity contribution is 5.14. The number of hydrogen-bond donors (Lipinski definition) is 2. The van der Waals surface area contributed by atoms with Crippen LogP contribution in [0.3, 0.4) is 0 Å². The van der Waals surface area contributed by atoms with Gasteiger partial charge in [0.1, 0.15) is 5.60 Å². The van der Waals surface area contributed by atoms with Crippen LogP contribution in [0.2, 0.25) is 0 Å². The molecule has 2 N–H and O–H groups in total. The highest BCUT2D eigenvalue weighted by atomic mass is 16.3. The lowest BCUT2D eigenvalue weighted by Crippen LogP contribution is -2.36. The highest BCUT2D eigenvalue weighted by Crippen LogP contribution is 2.18. The van der Waals surface area contributed by atoms with Crippen LogP contribution in [-0.4, -0.2) is 28.0 Å². The Hall–Kier alpha value is -0.870. The van der Waals surface area contributed by atoms with Crippen molar-refractivity contribution in [2.45, 2.75) is 39.8 Å². The average Bonchev–Trinajstić information content (AvgIpc) is 2.65. The Bertz CT molecular complexity index is 318. The summed E-state index contributed by atoms with van der Waals surface area (Å²) >= 11 is 0. The van der Waals surface area contributed by atoms with E-state index in [1.807, 2.05) is 24.7 Å². The molecule has 0 aromatic carbocycles. The fourth-order valence-electron chi connectivity index (χ4n) is 1.52. The first-order valence-electron chi connectivity index (χ1n) is 5.91. The monoisotopic (exact) mass is 225 g/mol. The molecule has 0 amide bonds. The van der Waals surface area contributed by atoms with E-state index < -0.39 is 5.60 Å². The number of nitrogens with zero attached hydrogens (tertiary/aromatic N) is 2. The van der Waals surface area contributed by atoms with Crippen molar-refractivity contribution >= 4 is 0 Å². The molecule has 4 heteroatoms. The van der Waals surface area contributed by atoms with Crippen LogP contribution < -0.4 is 5.32 Å². The Morgan fingerprint density at radius 3 is 2.75 bits per heavy atom. The lowest BCUT2D eigenvalue weighted by Gasteiger charge is -2.23. The van der Waals surface area contributed by atoms with E-state index in [0.29, 0.717) is 12.5 Å². The predicted molar refractivity (Wildman–Crippen MR) is 65.2 cm³/mol. The zero-order valence-electron chi connectivity index (χ0n) is 10.7. The van der Waals surface area contributed by atoms with E-state index in [1.54, 1.807) is 6.20 Å². The number of aryl methyl sites for hydroxylation is 1. The molecule has 16 heavy (non-hydrogen) atoms. The predicted octanol–water partition coefficient (Wildman–Crippen LogP) is 1.36. The third-order valence-electron chi connectivity index (χ3n) is 2.60. The molecule has 0 aliphatic carbocycles. The van der Waals surface area contributed by atoms with Gasteiger partial charge >= 0.3 is 0 Å². The van der Waals surface area contributed by atoms with Crippen molar-refractivity contribution in [2.75, 3.05) is 13.1 Å². The average molecular weight is 225 g/mol. The van der Waals surface area contributed by atoms with Gasteiger partial charge in [-0.05, 0) is 26.3 Å². The maximum atomic E-state index is 10.3. The molecule has 0 radical (unpaired) electrons. The molecule has 0 aliphatic heterocycles. The fraction of sp³-hybridized carbons (Fsp3) is 0.750. The van der Waals surface area contributed by atoms with Crippen LogP contribution in [0.15, 0.2) is 12.4 Å². The molecular formula is C12H23N3O. The minimum absolute atomic E-state index is 0.556. The summed E-state index contributed by atoms with van der Waals surface area (Å²) in [6, 6.07) is 0. The van der Waals surface area contributed by atoms with Gasteiger partial charge in [0.25, 0.3) is 0 Å². The minimum Gasteiger partial charge on any atom is -0.384 e. The number of rotatable bonds is 6. The fourth-order valence-corrected chi connectivity index (χ4v) is 1.52. The molecule has 1 rings (SSSR count). The largest absolute Gasteiger partial charge is 0.384 e. The normalized spacial score (nSPS) is 15.4. The molecular weight excluding hydrogens is 202 g/mol. The molecule has 0 spiro atoms. The van der Waals surface area contributed by atoms with Gasteiger partial charge in [0.2, 0.25) is 0 Å². The van der Waals surface area contributed by atoms with E-state index in [9.17, 15) is 5.11 Å². The Labute approximate surface area is 97.7 Å². The molecule has 1 aromatic heterocycles. The third-order valence-corrected chi connectivity index (χ3v) is 2.60. The van der Waals surface area contributed by atoms with Gasteiger partial charge < -0.3 is 10.4 Å². The number of aromatic nitrogens is 2. The van der Waals surface area contributed by atoms with Crippen molar-refractivity contribution in [1.82, 2.24) is 15.1 Å². The zero-order valence-corrected chi connectivity index (χ0v) is 10.7. The lowest BCUT2D eigenvalue weighted by atomic mass is 9.99. The van der Waals surface area contributed by atoms with E-state index in [1.165, 1.54) is 0 Å². The summed E-state index contributed by atoms with van der Waals surface area (Å²) < 4.78 is 1.83. The quantitative estimate of drug-likeness (QED) is 0.768. The minimum atomic E-state index is -0.845. The van der Waals surface area contributed by atoms with Crippen molar-refractivity contribution in [3.63, 3.8) is 0 Å². The van der Waals surface area contributed by atoms with E-state index >= 15 is 0 Å². The van der Waals surface area contributed by atoms with Crippen molar-refractivity contribution in [1.29, 1.82) is 0 Å². The molecule has 1 heterocycles. The van der Waals surface area contributed by atoms with Gasteiger partial charge in [0, 0.05) is 24.8 Å². The van der Waals surface area contributed by atoms with Crippen LogP contribution in [0.4, 0.5) is 0 Å². The standard InChI is InChI=1S/C12H23N3O/c1-5-15-8-11(7-14-15)12(4,16)9-13-6-10(2)3/h7-8,10,13,16H,5-6,9H2,1-4H3. The maximum absolute atomic E-state index is 10.3. The van der Waals surface area contributed by atoms with Gasteiger partial charge in [0.15, 0.2) is 0 Å². The summed E-state index contributed by atoms with van der Waals surface area (Å²) in [6.07, 6.45) is 3.64. The first-order valence-corrected chi connectivity index (χ1v) is 5.91. The Morgan fingerprint density at radius 1 is 1.56 bits per heavy atom. The second kappa shape index (κ2) is 5.46. The maximum Gasteiger partial charge on any atom is 0.102 e. The zero-order chi connectivity index (χ0) is 12.2. The van der Waals surface area contributed by atoms with Gasteiger partial charge in [-0.1, -0.05) is 13.8 Å². The third kappa shape index (κ3) is 3.61. The van der Waals surface area contributed by atoms with Gasteiger partial charge in [-0.2, -0.15) is 5.10 Å². The van der Waals surface area contributed by atoms with Gasteiger partial charge in [-0.15, -0.1) is 0 Å².